The number of amides is 3. The van der Waals surface area contributed by atoms with Gasteiger partial charge in [-0.1, -0.05) is 19.1 Å². The van der Waals surface area contributed by atoms with E-state index in [0.717, 1.165) is 11.5 Å². The maximum absolute atomic E-state index is 14.1. The summed E-state index contributed by atoms with van der Waals surface area (Å²) in [6.45, 7) is 8.13. The van der Waals surface area contributed by atoms with Gasteiger partial charge in [-0.3, -0.25) is 19.3 Å². The second-order valence-corrected chi connectivity index (χ2v) is 9.92. The number of rotatable bonds is 11. The fraction of sp³-hybridized carbons (Fsp3) is 0.333. The number of hydrogen-bond donors (Lipinski definition) is 3. The van der Waals surface area contributed by atoms with E-state index >= 15 is 0 Å². The first-order valence-electron chi connectivity index (χ1n) is 12.1. The highest BCUT2D eigenvalue weighted by atomic mass is 32.1. The van der Waals surface area contributed by atoms with Gasteiger partial charge in [-0.05, 0) is 80.7 Å². The lowest BCUT2D eigenvalue weighted by Crippen LogP contribution is -2.50. The average Bonchev–Trinajstić information content (AvgIpc) is 3.29. The summed E-state index contributed by atoms with van der Waals surface area (Å²) >= 11 is 0.751. The van der Waals surface area contributed by atoms with Gasteiger partial charge < -0.3 is 26.3 Å². The molecule has 0 bridgehead atoms. The minimum atomic E-state index is -1.10. The molecule has 0 spiro atoms. The Morgan fingerprint density at radius 1 is 1.05 bits per heavy atom. The molecular weight excluding hydrogens is 506 g/mol. The van der Waals surface area contributed by atoms with Gasteiger partial charge in [0.15, 0.2) is 5.69 Å². The number of nitrogens with zero attached hydrogens (tertiary/aromatic N) is 2. The summed E-state index contributed by atoms with van der Waals surface area (Å²) in [5.41, 5.74) is 11.6. The van der Waals surface area contributed by atoms with Crippen LogP contribution in [0.1, 0.15) is 65.9 Å². The minimum Gasteiger partial charge on any atom is -0.497 e. The third-order valence-corrected chi connectivity index (χ3v) is 6.93. The van der Waals surface area contributed by atoms with Crippen molar-refractivity contribution in [2.24, 2.45) is 5.73 Å². The van der Waals surface area contributed by atoms with Crippen LogP contribution in [0.2, 0.25) is 0 Å². The first-order chi connectivity index (χ1) is 18.0. The Morgan fingerprint density at radius 3 is 2.16 bits per heavy atom. The minimum absolute atomic E-state index is 0.00638. The van der Waals surface area contributed by atoms with E-state index in [1.807, 2.05) is 27.7 Å². The Kier molecular flexibility index (Phi) is 8.95. The van der Waals surface area contributed by atoms with Gasteiger partial charge in [0.25, 0.3) is 11.8 Å². The van der Waals surface area contributed by atoms with Gasteiger partial charge in [-0.25, -0.2) is 0 Å². The molecular formula is C27H33N5O5S. The SMILES string of the molecule is CCOc1ccc(C(C(=O)NC(C)(C)CC)N(C(=O)c2snc(C(N)=O)c2N)c2ccc(OC)cc2)cc1. The number of benzene rings is 2. The summed E-state index contributed by atoms with van der Waals surface area (Å²) < 4.78 is 14.8. The third-order valence-electron chi connectivity index (χ3n) is 6.08. The van der Waals surface area contributed by atoms with Crippen LogP contribution in [0.4, 0.5) is 11.4 Å². The quantitative estimate of drug-likeness (QED) is 0.334. The Bertz CT molecular complexity index is 1290. The Labute approximate surface area is 226 Å². The lowest BCUT2D eigenvalue weighted by molar-refractivity contribution is -0.124. The predicted molar refractivity (Wildman–Crippen MR) is 148 cm³/mol. The molecule has 0 saturated heterocycles. The van der Waals surface area contributed by atoms with Gasteiger partial charge in [0, 0.05) is 11.2 Å². The number of anilines is 2. The van der Waals surface area contributed by atoms with E-state index in [1.165, 1.54) is 12.0 Å². The highest BCUT2D eigenvalue weighted by Gasteiger charge is 2.37. The normalized spacial score (nSPS) is 11.9. The number of nitrogen functional groups attached to an aromatic ring is 1. The maximum atomic E-state index is 14.1. The van der Waals surface area contributed by atoms with Gasteiger partial charge in [-0.2, -0.15) is 4.37 Å². The molecule has 3 rings (SSSR count). The average molecular weight is 540 g/mol. The zero-order valence-corrected chi connectivity index (χ0v) is 22.9. The van der Waals surface area contributed by atoms with E-state index in [2.05, 4.69) is 9.69 Å². The Balaban J connectivity index is 2.22. The van der Waals surface area contributed by atoms with Crippen LogP contribution in [0.3, 0.4) is 0 Å². The molecule has 5 N–H and O–H groups in total. The van der Waals surface area contributed by atoms with Crippen molar-refractivity contribution in [2.75, 3.05) is 24.4 Å². The van der Waals surface area contributed by atoms with Crippen molar-refractivity contribution < 1.29 is 23.9 Å². The number of hydrogen-bond acceptors (Lipinski definition) is 8. The molecule has 1 heterocycles. The van der Waals surface area contributed by atoms with Crippen molar-refractivity contribution in [1.29, 1.82) is 0 Å². The first kappa shape index (κ1) is 28.5. The van der Waals surface area contributed by atoms with Crippen LogP contribution in [-0.2, 0) is 4.79 Å². The van der Waals surface area contributed by atoms with Crippen LogP contribution in [0.5, 0.6) is 11.5 Å². The van der Waals surface area contributed by atoms with E-state index in [0.29, 0.717) is 35.8 Å². The molecule has 38 heavy (non-hydrogen) atoms. The molecule has 3 aromatic rings. The van der Waals surface area contributed by atoms with E-state index in [-0.39, 0.29) is 16.3 Å². The lowest BCUT2D eigenvalue weighted by Gasteiger charge is -2.34. The van der Waals surface area contributed by atoms with Crippen LogP contribution in [-0.4, -0.2) is 41.4 Å². The molecule has 1 atom stereocenters. The lowest BCUT2D eigenvalue weighted by atomic mass is 9.98. The monoisotopic (exact) mass is 539 g/mol. The molecule has 1 unspecified atom stereocenters. The number of nitrogens with one attached hydrogen (secondary N) is 1. The zero-order chi connectivity index (χ0) is 28.0. The van der Waals surface area contributed by atoms with Gasteiger partial charge in [-0.15, -0.1) is 0 Å². The van der Waals surface area contributed by atoms with Gasteiger partial charge in [0.2, 0.25) is 5.91 Å². The van der Waals surface area contributed by atoms with Crippen LogP contribution < -0.4 is 31.2 Å². The highest BCUT2D eigenvalue weighted by molar-refractivity contribution is 7.09. The summed E-state index contributed by atoms with van der Waals surface area (Å²) in [5, 5.41) is 3.06. The standard InChI is InChI=1S/C27H33N5O5S/c1-6-27(3,4)30-25(34)22(16-8-12-19(13-9-16)37-7-2)32(17-10-14-18(36-5)15-11-17)26(35)23-20(28)21(24(29)33)31-38-23/h8-15,22H,6-7,28H2,1-5H3,(H2,29,33)(H,30,34). The van der Waals surface area contributed by atoms with Gasteiger partial charge in [0.05, 0.1) is 19.4 Å². The number of carbonyl (C=O) groups excluding carboxylic acids is 3. The van der Waals surface area contributed by atoms with E-state index in [4.69, 9.17) is 20.9 Å². The maximum Gasteiger partial charge on any atom is 0.273 e. The number of carbonyl (C=O) groups is 3. The number of methoxy groups -OCH3 is 1. The summed E-state index contributed by atoms with van der Waals surface area (Å²) in [4.78, 5) is 41.1. The number of aromatic nitrogens is 1. The van der Waals surface area contributed by atoms with Crippen LogP contribution >= 0.6 is 11.5 Å². The molecule has 0 radical (unpaired) electrons. The zero-order valence-electron chi connectivity index (χ0n) is 22.1. The van der Waals surface area contributed by atoms with Crippen molar-refractivity contribution in [3.8, 4) is 11.5 Å². The highest BCUT2D eigenvalue weighted by Crippen LogP contribution is 2.35. The summed E-state index contributed by atoms with van der Waals surface area (Å²) in [5.74, 6) is -0.656. The van der Waals surface area contributed by atoms with Crippen molar-refractivity contribution in [3.63, 3.8) is 0 Å². The van der Waals surface area contributed by atoms with Crippen molar-refractivity contribution in [3.05, 3.63) is 64.7 Å². The molecule has 1 aromatic heterocycles. The van der Waals surface area contributed by atoms with Crippen molar-refractivity contribution in [1.82, 2.24) is 9.69 Å². The third kappa shape index (κ3) is 6.23. The van der Waals surface area contributed by atoms with E-state index in [1.54, 1.807) is 48.5 Å². The number of ether oxygens (including phenoxy) is 2. The van der Waals surface area contributed by atoms with Gasteiger partial charge >= 0.3 is 0 Å². The molecule has 0 aliphatic carbocycles. The fourth-order valence-corrected chi connectivity index (χ4v) is 4.43. The Morgan fingerprint density at radius 2 is 1.66 bits per heavy atom. The molecule has 11 heteroatoms. The molecule has 2 aromatic carbocycles. The van der Waals surface area contributed by atoms with Crippen LogP contribution in [0, 0.1) is 0 Å². The summed E-state index contributed by atoms with van der Waals surface area (Å²) in [6, 6.07) is 12.6. The number of primary amides is 1. The molecule has 0 saturated carbocycles. The predicted octanol–water partition coefficient (Wildman–Crippen LogP) is 3.92. The van der Waals surface area contributed by atoms with Crippen LogP contribution in [0.25, 0.3) is 0 Å². The molecule has 0 aliphatic heterocycles. The molecule has 0 aliphatic rings. The number of nitrogens with two attached hydrogens (primary N) is 2. The molecule has 202 valence electrons. The summed E-state index contributed by atoms with van der Waals surface area (Å²) in [7, 11) is 1.53. The largest absolute Gasteiger partial charge is 0.497 e. The fourth-order valence-electron chi connectivity index (χ4n) is 3.69. The van der Waals surface area contributed by atoms with Crippen LogP contribution in [0.15, 0.2) is 48.5 Å². The molecule has 3 amide bonds. The summed E-state index contributed by atoms with van der Waals surface area (Å²) in [6.07, 6.45) is 0.662. The second kappa shape index (κ2) is 12.0. The topological polar surface area (TPSA) is 150 Å². The van der Waals surface area contributed by atoms with E-state index < -0.39 is 29.3 Å². The first-order valence-corrected chi connectivity index (χ1v) is 12.9. The van der Waals surface area contributed by atoms with Crippen molar-refractivity contribution >= 4 is 40.6 Å². The van der Waals surface area contributed by atoms with Crippen molar-refractivity contribution in [2.45, 2.75) is 45.7 Å². The smallest absolute Gasteiger partial charge is 0.273 e. The second-order valence-electron chi connectivity index (χ2n) is 9.14. The van der Waals surface area contributed by atoms with Gasteiger partial charge in [0.1, 0.15) is 22.4 Å². The Hall–Kier alpha value is -4.12. The molecule has 0 fully saturated rings. The molecule has 10 nitrogen and oxygen atoms in total. The van der Waals surface area contributed by atoms with E-state index in [9.17, 15) is 14.4 Å².